The summed E-state index contributed by atoms with van der Waals surface area (Å²) < 4.78 is 0. The second-order valence-electron chi connectivity index (χ2n) is 14.2. The molecule has 0 spiro atoms. The van der Waals surface area contributed by atoms with Crippen molar-refractivity contribution in [3.05, 3.63) is 58.7 Å². The highest BCUT2D eigenvalue weighted by Crippen LogP contribution is 2.32. The number of carbonyl (C=O) groups is 4. The Labute approximate surface area is 312 Å². The number of nitrogens with one attached hydrogen (secondary N) is 4. The molecule has 290 valence electrons. The Morgan fingerprint density at radius 3 is 1.25 bits per heavy atom. The normalized spacial score (nSPS) is 11.2. The minimum absolute atomic E-state index is 0.00514. The van der Waals surface area contributed by atoms with Crippen molar-refractivity contribution in [2.75, 3.05) is 0 Å². The maximum Gasteiger partial charge on any atom is 0.273 e. The van der Waals surface area contributed by atoms with Gasteiger partial charge in [0.1, 0.15) is 16.9 Å². The summed E-state index contributed by atoms with van der Waals surface area (Å²) in [5.41, 5.74) is 9.89. The summed E-state index contributed by atoms with van der Waals surface area (Å²) in [5.74, 6) is -3.23. The van der Waals surface area contributed by atoms with E-state index in [-0.39, 0.29) is 35.5 Å². The topological polar surface area (TPSA) is 157 Å². The van der Waals surface area contributed by atoms with Crippen molar-refractivity contribution in [1.82, 2.24) is 21.7 Å². The van der Waals surface area contributed by atoms with Crippen LogP contribution in [0.2, 0.25) is 0 Å². The predicted molar refractivity (Wildman–Crippen MR) is 208 cm³/mol. The molecule has 0 aliphatic carbocycles. The lowest BCUT2D eigenvalue weighted by Gasteiger charge is -2.31. The van der Waals surface area contributed by atoms with Gasteiger partial charge in [-0.25, -0.2) is 0 Å². The highest BCUT2D eigenvalue weighted by Gasteiger charge is 2.45. The van der Waals surface area contributed by atoms with Gasteiger partial charge in [0.2, 0.25) is 0 Å². The number of hydrogen-bond acceptors (Lipinski definition) is 6. The van der Waals surface area contributed by atoms with Crippen LogP contribution in [0.1, 0.15) is 182 Å². The lowest BCUT2D eigenvalue weighted by atomic mass is 9.77. The van der Waals surface area contributed by atoms with Crippen LogP contribution in [0.15, 0.2) is 36.4 Å². The van der Waals surface area contributed by atoms with E-state index >= 15 is 0 Å². The zero-order valence-electron chi connectivity index (χ0n) is 32.3. The van der Waals surface area contributed by atoms with Gasteiger partial charge in [-0.15, -0.1) is 0 Å². The van der Waals surface area contributed by atoms with E-state index in [1.165, 1.54) is 63.5 Å². The van der Waals surface area contributed by atoms with Crippen LogP contribution >= 0.6 is 0 Å². The Morgan fingerprint density at radius 2 is 0.865 bits per heavy atom. The predicted octanol–water partition coefficient (Wildman–Crippen LogP) is 8.88. The molecule has 0 saturated heterocycles. The molecule has 0 bridgehead atoms. The molecule has 0 unspecified atom stereocenters. The quantitative estimate of drug-likeness (QED) is 0.0342. The average Bonchev–Trinajstić information content (AvgIpc) is 3.13. The van der Waals surface area contributed by atoms with E-state index in [9.17, 15) is 29.4 Å². The van der Waals surface area contributed by atoms with Crippen molar-refractivity contribution in [3.63, 3.8) is 0 Å². The van der Waals surface area contributed by atoms with E-state index in [0.29, 0.717) is 12.8 Å². The van der Waals surface area contributed by atoms with E-state index in [4.69, 9.17) is 0 Å². The maximum atomic E-state index is 13.8. The Kier molecular flexibility index (Phi) is 21.2. The average molecular weight is 723 g/mol. The van der Waals surface area contributed by atoms with Gasteiger partial charge in [0.25, 0.3) is 23.6 Å². The second-order valence-corrected chi connectivity index (χ2v) is 14.2. The Bertz CT molecular complexity index is 1300. The first kappa shape index (κ1) is 44.1. The van der Waals surface area contributed by atoms with Crippen molar-refractivity contribution < 1.29 is 29.4 Å². The Balaban J connectivity index is 2.08. The zero-order valence-corrected chi connectivity index (χ0v) is 32.3. The van der Waals surface area contributed by atoms with Crippen molar-refractivity contribution in [2.24, 2.45) is 5.41 Å². The summed E-state index contributed by atoms with van der Waals surface area (Å²) in [6, 6.07) is 9.82. The molecule has 2 rings (SSSR count). The molecule has 0 aliphatic heterocycles. The van der Waals surface area contributed by atoms with Gasteiger partial charge >= 0.3 is 0 Å². The number of carbonyl (C=O) groups excluding carboxylic acids is 4. The van der Waals surface area contributed by atoms with Crippen LogP contribution in [0.3, 0.4) is 0 Å². The molecule has 2 aromatic carbocycles. The number of hydrazine groups is 2. The first-order chi connectivity index (χ1) is 25.1. The van der Waals surface area contributed by atoms with Gasteiger partial charge in [0.15, 0.2) is 0 Å². The molecule has 0 heterocycles. The molecule has 0 aromatic heterocycles. The third kappa shape index (κ3) is 14.9. The SMILES string of the molecule is CCCCCCCCc1ccc(C(=O)NNC(=O)C(CCC)(CCCCCC)C(=O)NNC(=O)c2ccc(CCCCCCCC)cc2O)c(O)c1. The van der Waals surface area contributed by atoms with E-state index in [1.54, 1.807) is 24.3 Å². The number of hydrogen-bond donors (Lipinski definition) is 6. The van der Waals surface area contributed by atoms with Crippen LogP contribution in [0.5, 0.6) is 11.5 Å². The van der Waals surface area contributed by atoms with E-state index in [1.807, 2.05) is 6.92 Å². The molecular weight excluding hydrogens is 656 g/mol. The van der Waals surface area contributed by atoms with Gasteiger partial charge in [-0.05, 0) is 73.9 Å². The maximum absolute atomic E-state index is 13.8. The molecule has 0 radical (unpaired) electrons. The number of phenolic OH excluding ortho intramolecular Hbond substituents is 2. The molecule has 10 heteroatoms. The van der Waals surface area contributed by atoms with Crippen molar-refractivity contribution >= 4 is 23.6 Å². The van der Waals surface area contributed by atoms with Gasteiger partial charge in [0, 0.05) is 0 Å². The minimum atomic E-state index is -1.60. The molecule has 6 N–H and O–H groups in total. The van der Waals surface area contributed by atoms with Gasteiger partial charge in [-0.1, -0.05) is 136 Å². The second kappa shape index (κ2) is 25.0. The lowest BCUT2D eigenvalue weighted by Crippen LogP contribution is -2.58. The highest BCUT2D eigenvalue weighted by molar-refractivity contribution is 6.07. The lowest BCUT2D eigenvalue weighted by molar-refractivity contribution is -0.146. The first-order valence-corrected chi connectivity index (χ1v) is 20.0. The number of benzene rings is 2. The van der Waals surface area contributed by atoms with Gasteiger partial charge in [-0.2, -0.15) is 0 Å². The molecule has 0 fully saturated rings. The summed E-state index contributed by atoms with van der Waals surface area (Å²) in [5, 5.41) is 21.3. The number of phenols is 2. The van der Waals surface area contributed by atoms with Crippen LogP contribution in [0, 0.1) is 5.41 Å². The monoisotopic (exact) mass is 722 g/mol. The highest BCUT2D eigenvalue weighted by atomic mass is 16.3. The molecule has 2 aromatic rings. The molecule has 0 atom stereocenters. The van der Waals surface area contributed by atoms with Crippen LogP contribution in [0.25, 0.3) is 0 Å². The van der Waals surface area contributed by atoms with Crippen LogP contribution < -0.4 is 21.7 Å². The fraction of sp³-hybridized carbons (Fsp3) is 0.619. The third-order valence-electron chi connectivity index (χ3n) is 9.83. The number of aromatic hydroxyl groups is 2. The molecule has 52 heavy (non-hydrogen) atoms. The van der Waals surface area contributed by atoms with Crippen molar-refractivity contribution in [3.8, 4) is 11.5 Å². The summed E-state index contributed by atoms with van der Waals surface area (Å²) in [6.07, 6.45) is 19.6. The van der Waals surface area contributed by atoms with Crippen LogP contribution in [-0.2, 0) is 22.4 Å². The molecular formula is C42H66N4O6. The number of rotatable bonds is 25. The Hall–Kier alpha value is -4.08. The zero-order chi connectivity index (χ0) is 38.2. The summed E-state index contributed by atoms with van der Waals surface area (Å²) in [7, 11) is 0. The van der Waals surface area contributed by atoms with Crippen molar-refractivity contribution in [2.45, 2.75) is 163 Å². The smallest absolute Gasteiger partial charge is 0.273 e. The molecule has 10 nitrogen and oxygen atoms in total. The summed E-state index contributed by atoms with van der Waals surface area (Å²) >= 11 is 0. The molecule has 4 amide bonds. The standard InChI is InChI=1S/C42H66N4O6/c1-5-9-12-15-17-19-22-32-24-26-34(36(47)30-32)38(49)43-45-40(51)42(28-8-4,29-21-14-11-7-3)41(52)46-44-39(50)35-27-25-33(31-37(35)48)23-20-18-16-13-10-6-2/h24-27,30-31,47-48H,5-23,28-29H2,1-4H3,(H,43,49)(H,44,50)(H,45,51)(H,46,52). The Morgan fingerprint density at radius 1 is 0.481 bits per heavy atom. The van der Waals surface area contributed by atoms with Gasteiger partial charge in [0.05, 0.1) is 11.1 Å². The van der Waals surface area contributed by atoms with E-state index in [2.05, 4.69) is 42.5 Å². The first-order valence-electron chi connectivity index (χ1n) is 20.0. The van der Waals surface area contributed by atoms with Crippen molar-refractivity contribution in [1.29, 1.82) is 0 Å². The number of aryl methyl sites for hydroxylation is 2. The van der Waals surface area contributed by atoms with Gasteiger partial charge < -0.3 is 10.2 Å². The van der Waals surface area contributed by atoms with E-state index in [0.717, 1.165) is 68.9 Å². The third-order valence-corrected chi connectivity index (χ3v) is 9.83. The summed E-state index contributed by atoms with van der Waals surface area (Å²) in [4.78, 5) is 53.8. The fourth-order valence-electron chi connectivity index (χ4n) is 6.63. The van der Waals surface area contributed by atoms with Crippen LogP contribution in [0.4, 0.5) is 0 Å². The van der Waals surface area contributed by atoms with Crippen LogP contribution in [-0.4, -0.2) is 33.8 Å². The number of unbranched alkanes of at least 4 members (excludes halogenated alkanes) is 13. The fourth-order valence-corrected chi connectivity index (χ4v) is 6.63. The largest absolute Gasteiger partial charge is 0.507 e. The molecule has 0 saturated carbocycles. The minimum Gasteiger partial charge on any atom is -0.507 e. The molecule has 0 aliphatic rings. The van der Waals surface area contributed by atoms with Gasteiger partial charge in [-0.3, -0.25) is 40.9 Å². The van der Waals surface area contributed by atoms with E-state index < -0.39 is 29.0 Å². The number of amides is 4. The summed E-state index contributed by atoms with van der Waals surface area (Å²) in [6.45, 7) is 8.30.